The molecule has 0 aromatic carbocycles. The lowest BCUT2D eigenvalue weighted by Crippen LogP contribution is -2.52. The molecule has 0 saturated carbocycles. The van der Waals surface area contributed by atoms with Crippen LogP contribution in [0.3, 0.4) is 0 Å². The second-order valence-corrected chi connectivity index (χ2v) is 6.16. The molecule has 0 aromatic heterocycles. The van der Waals surface area contributed by atoms with Gasteiger partial charge in [-0.1, -0.05) is 0 Å². The van der Waals surface area contributed by atoms with Crippen LogP contribution >= 0.6 is 0 Å². The van der Waals surface area contributed by atoms with Gasteiger partial charge in [-0.15, -0.1) is 0 Å². The van der Waals surface area contributed by atoms with E-state index in [2.05, 4.69) is 0 Å². The molecule has 0 atom stereocenters. The number of rotatable bonds is 5. The summed E-state index contributed by atoms with van der Waals surface area (Å²) in [6.45, 7) is -5.02. The highest BCUT2D eigenvalue weighted by Crippen LogP contribution is 2.36. The van der Waals surface area contributed by atoms with Crippen molar-refractivity contribution in [2.45, 2.75) is 31.0 Å². The number of hydrogen-bond acceptors (Lipinski definition) is 3. The summed E-state index contributed by atoms with van der Waals surface area (Å²) in [6.07, 6.45) is -5.40. The van der Waals surface area contributed by atoms with Gasteiger partial charge in [0.15, 0.2) is 6.67 Å². The zero-order chi connectivity index (χ0) is 31.6. The highest BCUT2D eigenvalue weighted by molar-refractivity contribution is 4.81. The standard InChI is InChI=1S/C5H8F5N.C3H3F5.2C3H8FN.CH2F2.2CH3F/c1-11(2)5(9,10)4(7,8)3-6;1-2(4,5)3(6,7)8;2*1-5(2)3-4;2-1-3;2*1-2/h3H2,1-2H3;1H3;2*3H2,1-2H3;1H2;2*1H3. The van der Waals surface area contributed by atoms with Crippen LogP contribution in [0.4, 0.5) is 70.2 Å². The van der Waals surface area contributed by atoms with Gasteiger partial charge < -0.3 is 0 Å². The zero-order valence-electron chi connectivity index (χ0n) is 21.2. The van der Waals surface area contributed by atoms with Gasteiger partial charge in [0.05, 0.1) is 14.4 Å². The lowest BCUT2D eigenvalue weighted by Gasteiger charge is -2.29. The fourth-order valence-electron chi connectivity index (χ4n) is 0.408. The smallest absolute Gasteiger partial charge is 0.283 e. The Labute approximate surface area is 201 Å². The number of hydrogen-bond donors (Lipinski definition) is 0. The predicted molar refractivity (Wildman–Crippen MR) is 107 cm³/mol. The van der Waals surface area contributed by atoms with Gasteiger partial charge in [0.2, 0.25) is 6.93 Å². The Kier molecular flexibility index (Phi) is 40.5. The maximum atomic E-state index is 12.3. The van der Waals surface area contributed by atoms with E-state index in [1.807, 2.05) is 0 Å². The van der Waals surface area contributed by atoms with Crippen molar-refractivity contribution in [1.29, 1.82) is 0 Å². The van der Waals surface area contributed by atoms with Crippen LogP contribution in [0, 0.1) is 0 Å². The summed E-state index contributed by atoms with van der Waals surface area (Å²) in [5, 5.41) is 0. The molecule has 0 amide bonds. The fourth-order valence-corrected chi connectivity index (χ4v) is 0.408. The van der Waals surface area contributed by atoms with Gasteiger partial charge in [0.25, 0.3) is 0 Å². The first kappa shape index (κ1) is 51.4. The molecule has 0 spiro atoms. The first-order valence-corrected chi connectivity index (χ1v) is 8.69. The Morgan fingerprint density at radius 2 is 0.694 bits per heavy atom. The van der Waals surface area contributed by atoms with Crippen LogP contribution in [0.1, 0.15) is 6.92 Å². The predicted octanol–water partition coefficient (Wildman–Crippen LogP) is 6.95. The van der Waals surface area contributed by atoms with Crippen molar-refractivity contribution >= 4 is 0 Å². The second-order valence-electron chi connectivity index (χ2n) is 6.16. The van der Waals surface area contributed by atoms with E-state index in [1.165, 1.54) is 9.80 Å². The fraction of sp³-hybridized carbons (Fsp3) is 1.00. The molecule has 19 heteroatoms. The molecule has 3 nitrogen and oxygen atoms in total. The largest absolute Gasteiger partial charge is 0.452 e. The normalized spacial score (nSPS) is 11.0. The Morgan fingerprint density at radius 1 is 0.528 bits per heavy atom. The third kappa shape index (κ3) is 37.3. The van der Waals surface area contributed by atoms with Gasteiger partial charge in [0, 0.05) is 6.92 Å². The van der Waals surface area contributed by atoms with Crippen LogP contribution in [0.15, 0.2) is 0 Å². The average Bonchev–Trinajstić information content (AvgIpc) is 2.76. The molecule has 0 radical (unpaired) electrons. The van der Waals surface area contributed by atoms with Gasteiger partial charge in [-0.3, -0.25) is 18.6 Å². The molecule has 0 saturated heterocycles. The minimum atomic E-state index is -5.40. The van der Waals surface area contributed by atoms with Gasteiger partial charge in [-0.25, -0.2) is 26.9 Å². The van der Waals surface area contributed by atoms with Crippen molar-refractivity contribution in [2.75, 3.05) is 83.8 Å². The third-order valence-electron chi connectivity index (χ3n) is 2.15. The van der Waals surface area contributed by atoms with Crippen molar-refractivity contribution in [3.8, 4) is 0 Å². The van der Waals surface area contributed by atoms with E-state index in [1.54, 1.807) is 28.2 Å². The van der Waals surface area contributed by atoms with Crippen molar-refractivity contribution in [3.05, 3.63) is 0 Å². The Hall–Kier alpha value is -1.24. The monoisotopic (exact) mass is 585 g/mol. The molecule has 0 rings (SSSR count). The topological polar surface area (TPSA) is 9.72 Å². The SMILES string of the molecule is CC(F)(F)C(F)(F)F.CF.CF.CN(C)C(F)(F)C(F)(F)CF.CN(C)CF.CN(C)CF.FCF. The molecular weight excluding hydrogens is 550 g/mol. The molecule has 0 unspecified atom stereocenters. The zero-order valence-corrected chi connectivity index (χ0v) is 21.2. The molecule has 0 bridgehead atoms. The second kappa shape index (κ2) is 28.3. The van der Waals surface area contributed by atoms with Crippen LogP contribution in [-0.2, 0) is 0 Å². The van der Waals surface area contributed by atoms with E-state index in [4.69, 9.17) is 0 Å². The molecule has 0 heterocycles. The minimum absolute atomic E-state index is 0.0213. The quantitative estimate of drug-likeness (QED) is 0.256. The van der Waals surface area contributed by atoms with E-state index in [-0.39, 0.29) is 25.4 Å². The van der Waals surface area contributed by atoms with Crippen LogP contribution in [-0.4, -0.2) is 123 Å². The average molecular weight is 585 g/mol. The first-order valence-electron chi connectivity index (χ1n) is 8.69. The van der Waals surface area contributed by atoms with Crippen molar-refractivity contribution in [1.82, 2.24) is 14.7 Å². The summed E-state index contributed by atoms with van der Waals surface area (Å²) in [4.78, 5) is 2.90. The summed E-state index contributed by atoms with van der Waals surface area (Å²) < 4.78 is 175. The summed E-state index contributed by atoms with van der Waals surface area (Å²) in [6, 6.07) is -4.43. The van der Waals surface area contributed by atoms with E-state index >= 15 is 0 Å². The van der Waals surface area contributed by atoms with E-state index < -0.39 is 37.7 Å². The van der Waals surface area contributed by atoms with Crippen LogP contribution in [0.2, 0.25) is 0 Å². The number of alkyl halides is 16. The maximum Gasteiger partial charge on any atom is 0.452 e. The molecule has 0 aromatic rings. The summed E-state index contributed by atoms with van der Waals surface area (Å²) >= 11 is 0. The summed E-state index contributed by atoms with van der Waals surface area (Å²) in [5.74, 6) is -9.18. The van der Waals surface area contributed by atoms with Crippen LogP contribution < -0.4 is 0 Å². The molecule has 0 aliphatic rings. The maximum absolute atomic E-state index is 12.3. The lowest BCUT2D eigenvalue weighted by atomic mass is 10.3. The van der Waals surface area contributed by atoms with Gasteiger partial charge in [-0.2, -0.15) is 39.5 Å². The van der Waals surface area contributed by atoms with Gasteiger partial charge in [0.1, 0.15) is 13.6 Å². The van der Waals surface area contributed by atoms with Crippen molar-refractivity contribution in [3.63, 3.8) is 0 Å². The summed E-state index contributed by atoms with van der Waals surface area (Å²) in [5.41, 5.74) is 0. The van der Waals surface area contributed by atoms with Crippen LogP contribution in [0.5, 0.6) is 0 Å². The van der Waals surface area contributed by atoms with Gasteiger partial charge in [-0.05, 0) is 42.3 Å². The molecular formula is C17H35F16N3. The van der Waals surface area contributed by atoms with Crippen molar-refractivity contribution in [2.24, 2.45) is 0 Å². The van der Waals surface area contributed by atoms with E-state index in [0.29, 0.717) is 14.4 Å². The lowest BCUT2D eigenvalue weighted by molar-refractivity contribution is -0.277. The minimum Gasteiger partial charge on any atom is -0.283 e. The molecule has 230 valence electrons. The molecule has 0 aliphatic heterocycles. The Bertz CT molecular complexity index is 380. The Balaban J connectivity index is -0.0000000596. The van der Waals surface area contributed by atoms with E-state index in [0.717, 1.165) is 14.1 Å². The third-order valence-corrected chi connectivity index (χ3v) is 2.15. The van der Waals surface area contributed by atoms with Crippen molar-refractivity contribution < 1.29 is 70.2 Å². The van der Waals surface area contributed by atoms with E-state index in [9.17, 15) is 70.2 Å². The number of nitrogens with zero attached hydrogens (tertiary/aromatic N) is 3. The highest BCUT2D eigenvalue weighted by atomic mass is 19.4. The molecule has 36 heavy (non-hydrogen) atoms. The molecule has 0 aliphatic carbocycles. The highest BCUT2D eigenvalue weighted by Gasteiger charge is 2.58. The van der Waals surface area contributed by atoms with Crippen LogP contribution in [0.25, 0.3) is 0 Å². The Morgan fingerprint density at radius 3 is 0.722 bits per heavy atom. The molecule has 0 N–H and O–H groups in total. The van der Waals surface area contributed by atoms with Gasteiger partial charge >= 0.3 is 24.1 Å². The molecule has 0 fully saturated rings. The first-order chi connectivity index (χ1) is 16.0. The summed E-state index contributed by atoms with van der Waals surface area (Å²) in [7, 11) is 9.23. The number of halogens is 16.